The van der Waals surface area contributed by atoms with Crippen molar-refractivity contribution in [3.63, 3.8) is 0 Å². The maximum Gasteiger partial charge on any atom is 0.0318 e. The first-order chi connectivity index (χ1) is 8.71. The van der Waals surface area contributed by atoms with Crippen molar-refractivity contribution in [3.05, 3.63) is 23.0 Å². The molecule has 2 rings (SSSR count). The van der Waals surface area contributed by atoms with E-state index in [2.05, 4.69) is 52.2 Å². The van der Waals surface area contributed by atoms with Crippen LogP contribution < -0.4 is 5.73 Å². The van der Waals surface area contributed by atoms with Gasteiger partial charge in [0.1, 0.15) is 0 Å². The van der Waals surface area contributed by atoms with Crippen molar-refractivity contribution in [2.24, 2.45) is 17.1 Å². The van der Waals surface area contributed by atoms with E-state index in [0.717, 1.165) is 18.8 Å². The molecule has 2 nitrogen and oxygen atoms in total. The fourth-order valence-electron chi connectivity index (χ4n) is 3.87. The number of aryl methyl sites for hydroxylation is 1. The van der Waals surface area contributed by atoms with Crippen molar-refractivity contribution >= 4 is 0 Å². The fourth-order valence-corrected chi connectivity index (χ4v) is 3.87. The molecule has 19 heavy (non-hydrogen) atoms. The van der Waals surface area contributed by atoms with Gasteiger partial charge in [-0.1, -0.05) is 27.7 Å². The molecule has 2 atom stereocenters. The Balaban J connectivity index is 2.41. The lowest BCUT2D eigenvalue weighted by atomic mass is 9.74. The summed E-state index contributed by atoms with van der Waals surface area (Å²) in [5, 5.41) is 0. The summed E-state index contributed by atoms with van der Waals surface area (Å²) in [7, 11) is 0. The van der Waals surface area contributed by atoms with E-state index in [4.69, 9.17) is 5.73 Å². The first-order valence-electron chi connectivity index (χ1n) is 7.67. The minimum absolute atomic E-state index is 0.213. The van der Waals surface area contributed by atoms with Crippen LogP contribution in [0.3, 0.4) is 0 Å². The van der Waals surface area contributed by atoms with Crippen molar-refractivity contribution in [2.45, 2.75) is 72.9 Å². The number of hydrogen-bond donors (Lipinski definition) is 1. The lowest BCUT2D eigenvalue weighted by Gasteiger charge is -2.35. The first-order valence-corrected chi connectivity index (χ1v) is 7.67. The molecule has 0 saturated heterocycles. The summed E-state index contributed by atoms with van der Waals surface area (Å²) < 4.78 is 2.55. The average molecular weight is 262 g/mol. The Morgan fingerprint density at radius 2 is 2.00 bits per heavy atom. The molecule has 0 fully saturated rings. The third kappa shape index (κ3) is 2.89. The molecular weight excluding hydrogens is 232 g/mol. The van der Waals surface area contributed by atoms with Gasteiger partial charge >= 0.3 is 0 Å². The molecule has 0 amide bonds. The van der Waals surface area contributed by atoms with Gasteiger partial charge < -0.3 is 10.3 Å². The quantitative estimate of drug-likeness (QED) is 0.861. The van der Waals surface area contributed by atoms with E-state index in [-0.39, 0.29) is 6.04 Å². The normalized spacial score (nSPS) is 23.5. The van der Waals surface area contributed by atoms with Crippen LogP contribution in [0.15, 0.2) is 6.07 Å². The van der Waals surface area contributed by atoms with Crippen LogP contribution in [0.5, 0.6) is 0 Å². The molecule has 0 aromatic carbocycles. The molecule has 1 aromatic heterocycles. The molecular formula is C17H30N2. The van der Waals surface area contributed by atoms with Gasteiger partial charge in [-0.2, -0.15) is 0 Å². The van der Waals surface area contributed by atoms with Crippen molar-refractivity contribution in [2.75, 3.05) is 0 Å². The average Bonchev–Trinajstić information content (AvgIpc) is 2.52. The second-order valence-corrected chi connectivity index (χ2v) is 7.69. The largest absolute Gasteiger partial charge is 0.346 e. The highest BCUT2D eigenvalue weighted by molar-refractivity contribution is 5.34. The number of rotatable bonds is 3. The van der Waals surface area contributed by atoms with Gasteiger partial charge in [0.15, 0.2) is 0 Å². The second kappa shape index (κ2) is 4.97. The molecule has 1 aliphatic carbocycles. The van der Waals surface area contributed by atoms with E-state index in [1.165, 1.54) is 23.4 Å². The fraction of sp³-hybridized carbons (Fsp3) is 0.765. The predicted molar refractivity (Wildman–Crippen MR) is 82.4 cm³/mol. The Morgan fingerprint density at radius 3 is 2.58 bits per heavy atom. The van der Waals surface area contributed by atoms with Crippen LogP contribution in [-0.4, -0.2) is 4.57 Å². The van der Waals surface area contributed by atoms with E-state index in [1.54, 1.807) is 0 Å². The molecule has 1 aliphatic rings. The Bertz CT molecular complexity index is 454. The molecule has 0 spiro atoms. The lowest BCUT2D eigenvalue weighted by Crippen LogP contribution is -2.31. The number of aromatic nitrogens is 1. The minimum Gasteiger partial charge on any atom is -0.346 e. The zero-order valence-electron chi connectivity index (χ0n) is 13.5. The highest BCUT2D eigenvalue weighted by atomic mass is 15.0. The van der Waals surface area contributed by atoms with Crippen molar-refractivity contribution in [1.29, 1.82) is 0 Å². The third-order valence-electron chi connectivity index (χ3n) is 4.44. The Morgan fingerprint density at radius 1 is 1.37 bits per heavy atom. The van der Waals surface area contributed by atoms with Gasteiger partial charge in [0.05, 0.1) is 0 Å². The van der Waals surface area contributed by atoms with Crippen LogP contribution in [-0.2, 0) is 6.42 Å². The van der Waals surface area contributed by atoms with Crippen LogP contribution in [0.2, 0.25) is 0 Å². The Kier molecular flexibility index (Phi) is 3.83. The molecule has 0 saturated carbocycles. The van der Waals surface area contributed by atoms with Gasteiger partial charge in [-0.25, -0.2) is 0 Å². The molecule has 1 aromatic rings. The maximum atomic E-state index is 6.39. The van der Waals surface area contributed by atoms with E-state index in [0.29, 0.717) is 11.5 Å². The highest BCUT2D eigenvalue weighted by Gasteiger charge is 2.34. The summed E-state index contributed by atoms with van der Waals surface area (Å²) in [5.74, 6) is 0.734. The third-order valence-corrected chi connectivity index (χ3v) is 4.44. The van der Waals surface area contributed by atoms with Gasteiger partial charge in [0, 0.05) is 23.5 Å². The van der Waals surface area contributed by atoms with Crippen molar-refractivity contribution in [3.8, 4) is 0 Å². The summed E-state index contributed by atoms with van der Waals surface area (Å²) in [5.41, 5.74) is 11.0. The van der Waals surface area contributed by atoms with E-state index < -0.39 is 0 Å². The minimum atomic E-state index is 0.213. The summed E-state index contributed by atoms with van der Waals surface area (Å²) >= 11 is 0. The summed E-state index contributed by atoms with van der Waals surface area (Å²) in [6, 6.07) is 3.11. The standard InChI is InChI=1S/C17H30N2/c1-11(2)7-12(3)19-13(4)8-14-15(18)9-17(5,6)10-16(14)19/h8,11-12,15H,7,9-10,18H2,1-6H3. The van der Waals surface area contributed by atoms with E-state index >= 15 is 0 Å². The second-order valence-electron chi connectivity index (χ2n) is 7.69. The molecule has 2 unspecified atom stereocenters. The molecule has 1 heterocycles. The summed E-state index contributed by atoms with van der Waals surface area (Å²) in [6.45, 7) is 13.9. The predicted octanol–water partition coefficient (Wildman–Crippen LogP) is 4.38. The molecule has 108 valence electrons. The topological polar surface area (TPSA) is 30.9 Å². The molecule has 0 aliphatic heterocycles. The first kappa shape index (κ1) is 14.6. The highest BCUT2D eigenvalue weighted by Crippen LogP contribution is 2.42. The SMILES string of the molecule is Cc1cc2c(n1C(C)CC(C)C)CC(C)(C)CC2N. The maximum absolute atomic E-state index is 6.39. The van der Waals surface area contributed by atoms with Gasteiger partial charge in [-0.3, -0.25) is 0 Å². The zero-order valence-corrected chi connectivity index (χ0v) is 13.5. The Hall–Kier alpha value is -0.760. The molecule has 2 N–H and O–H groups in total. The Labute approximate surface area is 118 Å². The summed E-state index contributed by atoms with van der Waals surface area (Å²) in [4.78, 5) is 0. The molecule has 2 heteroatoms. The molecule has 0 radical (unpaired) electrons. The van der Waals surface area contributed by atoms with E-state index in [1.807, 2.05) is 0 Å². The zero-order chi connectivity index (χ0) is 14.4. The number of nitrogens with two attached hydrogens (primary N) is 1. The van der Waals surface area contributed by atoms with Crippen LogP contribution in [0.25, 0.3) is 0 Å². The van der Waals surface area contributed by atoms with Crippen LogP contribution >= 0.6 is 0 Å². The number of nitrogens with zero attached hydrogens (tertiary/aromatic N) is 1. The van der Waals surface area contributed by atoms with E-state index in [9.17, 15) is 0 Å². The lowest BCUT2D eigenvalue weighted by molar-refractivity contribution is 0.269. The summed E-state index contributed by atoms with van der Waals surface area (Å²) in [6.07, 6.45) is 3.49. The van der Waals surface area contributed by atoms with Gasteiger partial charge in [-0.05, 0) is 56.1 Å². The van der Waals surface area contributed by atoms with Crippen LogP contribution in [0.4, 0.5) is 0 Å². The van der Waals surface area contributed by atoms with Crippen molar-refractivity contribution < 1.29 is 0 Å². The van der Waals surface area contributed by atoms with Gasteiger partial charge in [0.25, 0.3) is 0 Å². The number of hydrogen-bond acceptors (Lipinski definition) is 1. The van der Waals surface area contributed by atoms with Crippen molar-refractivity contribution in [1.82, 2.24) is 4.57 Å². The smallest absolute Gasteiger partial charge is 0.0318 e. The monoisotopic (exact) mass is 262 g/mol. The van der Waals surface area contributed by atoms with Crippen LogP contribution in [0.1, 0.15) is 76.5 Å². The van der Waals surface area contributed by atoms with Gasteiger partial charge in [0.2, 0.25) is 0 Å². The van der Waals surface area contributed by atoms with Gasteiger partial charge in [-0.15, -0.1) is 0 Å². The van der Waals surface area contributed by atoms with Crippen LogP contribution in [0, 0.1) is 18.3 Å². The number of fused-ring (bicyclic) bond motifs is 1. The molecule has 0 bridgehead atoms.